The van der Waals surface area contributed by atoms with Crippen molar-refractivity contribution in [3.63, 3.8) is 0 Å². The van der Waals surface area contributed by atoms with Crippen LogP contribution in [0.2, 0.25) is 0 Å². The van der Waals surface area contributed by atoms with Gasteiger partial charge in [-0.15, -0.1) is 0 Å². The molecule has 1 fully saturated rings. The fourth-order valence-electron chi connectivity index (χ4n) is 4.78. The van der Waals surface area contributed by atoms with E-state index >= 15 is 0 Å². The van der Waals surface area contributed by atoms with E-state index < -0.39 is 10.0 Å². The van der Waals surface area contributed by atoms with E-state index in [2.05, 4.69) is 44.6 Å². The zero-order valence-corrected chi connectivity index (χ0v) is 20.6. The molecule has 36 heavy (non-hydrogen) atoms. The molecule has 4 heterocycles. The molecule has 2 N–H and O–H groups in total. The molecule has 0 radical (unpaired) electrons. The molecule has 5 aromatic rings. The highest BCUT2D eigenvalue weighted by Gasteiger charge is 2.23. The molecular formula is C27H26N6O2S. The maximum absolute atomic E-state index is 13.7. The Kier molecular flexibility index (Phi) is 5.58. The minimum Gasteiger partial charge on any atom is -0.366 e. The van der Waals surface area contributed by atoms with Gasteiger partial charge in [-0.3, -0.25) is 4.98 Å². The maximum Gasteiger partial charge on any atom is 0.270 e. The largest absolute Gasteiger partial charge is 0.366 e. The highest BCUT2D eigenvalue weighted by molar-refractivity contribution is 7.90. The zero-order chi connectivity index (χ0) is 24.7. The predicted molar refractivity (Wildman–Crippen MR) is 143 cm³/mol. The van der Waals surface area contributed by atoms with Crippen molar-refractivity contribution < 1.29 is 8.42 Å². The van der Waals surface area contributed by atoms with Crippen molar-refractivity contribution >= 4 is 49.0 Å². The first-order chi connectivity index (χ1) is 17.5. The molecule has 9 heteroatoms. The van der Waals surface area contributed by atoms with Gasteiger partial charge < -0.3 is 15.5 Å². The van der Waals surface area contributed by atoms with Crippen LogP contribution in [0.3, 0.4) is 0 Å². The van der Waals surface area contributed by atoms with Crippen molar-refractivity contribution in [3.05, 3.63) is 85.3 Å². The SMILES string of the molecule is CC1CNCCN1c1ccc(Nc2cc3c(ccn3S(=O)(=O)c3cccc4cccnc34)cn2)cc1. The zero-order valence-electron chi connectivity index (χ0n) is 19.8. The molecule has 1 aliphatic heterocycles. The van der Waals surface area contributed by atoms with E-state index in [1.807, 2.05) is 24.3 Å². The van der Waals surface area contributed by atoms with Gasteiger partial charge in [-0.25, -0.2) is 17.4 Å². The number of pyridine rings is 2. The molecule has 2 aromatic carbocycles. The lowest BCUT2D eigenvalue weighted by atomic mass is 10.1. The Hall–Kier alpha value is -3.95. The Morgan fingerprint density at radius 3 is 2.67 bits per heavy atom. The third-order valence-corrected chi connectivity index (χ3v) is 8.37. The molecule has 0 saturated carbocycles. The second-order valence-electron chi connectivity index (χ2n) is 8.99. The van der Waals surface area contributed by atoms with Gasteiger partial charge in [0.15, 0.2) is 0 Å². The number of nitrogens with one attached hydrogen (secondary N) is 2. The van der Waals surface area contributed by atoms with Crippen molar-refractivity contribution in [1.82, 2.24) is 19.3 Å². The number of piperazine rings is 1. The Bertz CT molecular complexity index is 1660. The first kappa shape index (κ1) is 22.5. The van der Waals surface area contributed by atoms with Gasteiger partial charge in [0.1, 0.15) is 10.7 Å². The van der Waals surface area contributed by atoms with Crippen LogP contribution in [-0.4, -0.2) is 48.0 Å². The fraction of sp³-hybridized carbons (Fsp3) is 0.185. The molecule has 0 bridgehead atoms. The summed E-state index contributed by atoms with van der Waals surface area (Å²) in [6.45, 7) is 5.14. The number of hydrogen-bond acceptors (Lipinski definition) is 7. The molecule has 1 unspecified atom stereocenters. The summed E-state index contributed by atoms with van der Waals surface area (Å²) in [6.07, 6.45) is 4.85. The minimum atomic E-state index is -3.87. The van der Waals surface area contributed by atoms with Crippen molar-refractivity contribution in [1.29, 1.82) is 0 Å². The van der Waals surface area contributed by atoms with E-state index in [1.54, 1.807) is 48.9 Å². The van der Waals surface area contributed by atoms with Crippen LogP contribution in [0.5, 0.6) is 0 Å². The van der Waals surface area contributed by atoms with Crippen LogP contribution < -0.4 is 15.5 Å². The van der Waals surface area contributed by atoms with E-state index in [-0.39, 0.29) is 4.90 Å². The van der Waals surface area contributed by atoms with Crippen molar-refractivity contribution in [2.24, 2.45) is 0 Å². The summed E-state index contributed by atoms with van der Waals surface area (Å²) in [7, 11) is -3.87. The van der Waals surface area contributed by atoms with Gasteiger partial charge >= 0.3 is 0 Å². The maximum atomic E-state index is 13.7. The van der Waals surface area contributed by atoms with Crippen LogP contribution >= 0.6 is 0 Å². The number of rotatable bonds is 5. The standard InChI is InChI=1S/C27H26N6O2S/c1-19-17-28-13-15-32(19)23-9-7-22(8-10-23)31-26-16-24-21(18-30-26)11-14-33(24)36(34,35)25-6-2-4-20-5-3-12-29-27(20)25/h2-12,14,16,18-19,28H,13,15,17H2,1H3,(H,30,31). The van der Waals surface area contributed by atoms with Gasteiger partial charge in [0.2, 0.25) is 0 Å². The topological polar surface area (TPSA) is 92.2 Å². The molecule has 0 spiro atoms. The summed E-state index contributed by atoms with van der Waals surface area (Å²) >= 11 is 0. The lowest BCUT2D eigenvalue weighted by Crippen LogP contribution is -2.49. The molecule has 0 aliphatic carbocycles. The molecule has 6 rings (SSSR count). The average molecular weight is 499 g/mol. The van der Waals surface area contributed by atoms with Crippen LogP contribution in [-0.2, 0) is 10.0 Å². The number of para-hydroxylation sites is 1. The van der Waals surface area contributed by atoms with E-state index in [1.165, 1.54) is 9.66 Å². The summed E-state index contributed by atoms with van der Waals surface area (Å²) in [4.78, 5) is 11.4. The highest BCUT2D eigenvalue weighted by atomic mass is 32.2. The van der Waals surface area contributed by atoms with Crippen molar-refractivity contribution in [2.75, 3.05) is 29.9 Å². The number of hydrogen-bond donors (Lipinski definition) is 2. The molecule has 1 saturated heterocycles. The first-order valence-corrected chi connectivity index (χ1v) is 13.4. The van der Waals surface area contributed by atoms with Gasteiger partial charge in [0, 0.05) is 72.5 Å². The number of anilines is 3. The van der Waals surface area contributed by atoms with E-state index in [4.69, 9.17) is 0 Å². The molecule has 8 nitrogen and oxygen atoms in total. The first-order valence-electron chi connectivity index (χ1n) is 11.9. The van der Waals surface area contributed by atoms with Crippen LogP contribution in [0.25, 0.3) is 21.8 Å². The Morgan fingerprint density at radius 1 is 1.00 bits per heavy atom. The quantitative estimate of drug-likeness (QED) is 0.372. The fourth-order valence-corrected chi connectivity index (χ4v) is 6.30. The number of fused-ring (bicyclic) bond motifs is 2. The molecule has 1 aliphatic rings. The van der Waals surface area contributed by atoms with Crippen LogP contribution in [0, 0.1) is 0 Å². The molecule has 3 aromatic heterocycles. The summed E-state index contributed by atoms with van der Waals surface area (Å²) in [5, 5.41) is 8.24. The number of aromatic nitrogens is 3. The molecule has 182 valence electrons. The van der Waals surface area contributed by atoms with Crippen LogP contribution in [0.4, 0.5) is 17.2 Å². The monoisotopic (exact) mass is 498 g/mol. The third kappa shape index (κ3) is 3.96. The minimum absolute atomic E-state index is 0.169. The smallest absolute Gasteiger partial charge is 0.270 e. The Balaban J connectivity index is 1.32. The number of benzene rings is 2. The average Bonchev–Trinajstić information content (AvgIpc) is 3.33. The predicted octanol–water partition coefficient (Wildman–Crippen LogP) is 4.36. The van der Waals surface area contributed by atoms with Gasteiger partial charge in [-0.05, 0) is 49.4 Å². The lowest BCUT2D eigenvalue weighted by Gasteiger charge is -2.36. The Labute approximate surface area is 209 Å². The molecule has 0 amide bonds. The van der Waals surface area contributed by atoms with Gasteiger partial charge in [0.25, 0.3) is 10.0 Å². The highest BCUT2D eigenvalue weighted by Crippen LogP contribution is 2.29. The van der Waals surface area contributed by atoms with E-state index in [0.29, 0.717) is 22.9 Å². The summed E-state index contributed by atoms with van der Waals surface area (Å²) in [6, 6.07) is 21.0. The second-order valence-corrected chi connectivity index (χ2v) is 10.8. The van der Waals surface area contributed by atoms with Crippen LogP contribution in [0.1, 0.15) is 6.92 Å². The van der Waals surface area contributed by atoms with E-state index in [9.17, 15) is 8.42 Å². The van der Waals surface area contributed by atoms with Gasteiger partial charge in [-0.2, -0.15) is 0 Å². The van der Waals surface area contributed by atoms with Crippen LogP contribution in [0.15, 0.2) is 90.2 Å². The molecular weight excluding hydrogens is 472 g/mol. The molecule has 1 atom stereocenters. The van der Waals surface area contributed by atoms with Gasteiger partial charge in [0.05, 0.1) is 11.0 Å². The summed E-state index contributed by atoms with van der Waals surface area (Å²) in [5.41, 5.74) is 3.06. The normalized spacial score (nSPS) is 16.5. The number of nitrogens with zero attached hydrogens (tertiary/aromatic N) is 4. The second kappa shape index (κ2) is 8.92. The van der Waals surface area contributed by atoms with E-state index in [0.717, 1.165) is 36.1 Å². The van der Waals surface area contributed by atoms with Crippen molar-refractivity contribution in [3.8, 4) is 0 Å². The summed E-state index contributed by atoms with van der Waals surface area (Å²) < 4.78 is 28.7. The summed E-state index contributed by atoms with van der Waals surface area (Å²) in [5.74, 6) is 0.567. The lowest BCUT2D eigenvalue weighted by molar-refractivity contribution is 0.501. The Morgan fingerprint density at radius 2 is 1.83 bits per heavy atom. The third-order valence-electron chi connectivity index (χ3n) is 6.64. The van der Waals surface area contributed by atoms with Crippen molar-refractivity contribution in [2.45, 2.75) is 17.9 Å². The van der Waals surface area contributed by atoms with Gasteiger partial charge in [-0.1, -0.05) is 18.2 Å².